The molecule has 0 bridgehead atoms. The van der Waals surface area contributed by atoms with E-state index in [9.17, 15) is 22.0 Å². The number of rotatable bonds is 3. The van der Waals surface area contributed by atoms with Crippen LogP contribution in [0.2, 0.25) is 0 Å². The molecule has 0 aliphatic carbocycles. The van der Waals surface area contributed by atoms with Crippen LogP contribution in [0.1, 0.15) is 22.6 Å². The Kier molecular flexibility index (Phi) is 4.54. The fourth-order valence-electron chi connectivity index (χ4n) is 2.77. The maximum atomic E-state index is 13.9. The molecule has 3 aromatic rings. The van der Waals surface area contributed by atoms with Crippen molar-refractivity contribution in [1.29, 1.82) is 0 Å². The van der Waals surface area contributed by atoms with Gasteiger partial charge < -0.3 is 11.5 Å². The number of nitrogens with two attached hydrogens (primary N) is 2. The average Bonchev–Trinajstić information content (AvgIpc) is 2.59. The van der Waals surface area contributed by atoms with E-state index in [0.717, 1.165) is 36.4 Å². The van der Waals surface area contributed by atoms with E-state index in [-0.39, 0.29) is 11.1 Å². The number of nitrogen functional groups attached to an aromatic ring is 2. The van der Waals surface area contributed by atoms with E-state index in [2.05, 4.69) is 0 Å². The van der Waals surface area contributed by atoms with Crippen LogP contribution >= 0.6 is 0 Å². The molecular weight excluding hydrogens is 351 g/mol. The number of anilines is 2. The summed E-state index contributed by atoms with van der Waals surface area (Å²) in [5.41, 5.74) is 9.72. The van der Waals surface area contributed by atoms with Crippen LogP contribution in [0.4, 0.5) is 33.3 Å². The van der Waals surface area contributed by atoms with Crippen molar-refractivity contribution < 1.29 is 22.0 Å². The average molecular weight is 364 g/mol. The second-order valence-corrected chi connectivity index (χ2v) is 5.78. The quantitative estimate of drug-likeness (QED) is 0.401. The molecule has 26 heavy (non-hydrogen) atoms. The smallest absolute Gasteiger partial charge is 0.149 e. The Hall–Kier alpha value is -3.09. The number of benzene rings is 3. The fraction of sp³-hybridized carbons (Fsp3) is 0.0526. The maximum absolute atomic E-state index is 13.9. The molecule has 0 saturated heterocycles. The fourth-order valence-corrected chi connectivity index (χ4v) is 2.77. The van der Waals surface area contributed by atoms with Crippen molar-refractivity contribution in [2.24, 2.45) is 0 Å². The highest BCUT2D eigenvalue weighted by Crippen LogP contribution is 2.36. The van der Waals surface area contributed by atoms with Crippen LogP contribution in [0, 0.1) is 29.1 Å². The van der Waals surface area contributed by atoms with E-state index in [4.69, 9.17) is 11.5 Å². The summed E-state index contributed by atoms with van der Waals surface area (Å²) >= 11 is 0. The lowest BCUT2D eigenvalue weighted by Crippen LogP contribution is -2.08. The summed E-state index contributed by atoms with van der Waals surface area (Å²) in [6, 6.07) is 8.87. The van der Waals surface area contributed by atoms with Crippen molar-refractivity contribution in [3.63, 3.8) is 0 Å². The lowest BCUT2D eigenvalue weighted by molar-refractivity contribution is 0.583. The second kappa shape index (κ2) is 6.67. The lowest BCUT2D eigenvalue weighted by atomic mass is 9.84. The van der Waals surface area contributed by atoms with Crippen molar-refractivity contribution in [2.45, 2.75) is 5.92 Å². The normalized spacial score (nSPS) is 11.2. The molecule has 2 nitrogen and oxygen atoms in total. The zero-order valence-electron chi connectivity index (χ0n) is 13.2. The van der Waals surface area contributed by atoms with Gasteiger partial charge in [0, 0.05) is 5.92 Å². The number of hydrogen-bond donors (Lipinski definition) is 2. The van der Waals surface area contributed by atoms with Gasteiger partial charge in [-0.2, -0.15) is 0 Å². The van der Waals surface area contributed by atoms with E-state index < -0.39 is 46.4 Å². The van der Waals surface area contributed by atoms with Crippen molar-refractivity contribution in [3.05, 3.63) is 94.3 Å². The van der Waals surface area contributed by atoms with Crippen molar-refractivity contribution in [3.8, 4) is 0 Å². The van der Waals surface area contributed by atoms with E-state index in [1.807, 2.05) is 0 Å². The maximum Gasteiger partial charge on any atom is 0.149 e. The van der Waals surface area contributed by atoms with E-state index in [1.54, 1.807) is 0 Å². The highest BCUT2D eigenvalue weighted by Gasteiger charge is 2.22. The van der Waals surface area contributed by atoms with Gasteiger partial charge in [0.25, 0.3) is 0 Å². The summed E-state index contributed by atoms with van der Waals surface area (Å²) in [6.07, 6.45) is 0. The Morgan fingerprint density at radius 3 is 1.23 bits per heavy atom. The minimum Gasteiger partial charge on any atom is -0.394 e. The van der Waals surface area contributed by atoms with Crippen molar-refractivity contribution >= 4 is 11.4 Å². The van der Waals surface area contributed by atoms with Gasteiger partial charge in [0.05, 0.1) is 0 Å². The van der Waals surface area contributed by atoms with Gasteiger partial charge in [-0.3, -0.25) is 0 Å². The van der Waals surface area contributed by atoms with Gasteiger partial charge in [0.15, 0.2) is 0 Å². The molecule has 4 N–H and O–H groups in total. The van der Waals surface area contributed by atoms with Gasteiger partial charge in [-0.05, 0) is 53.1 Å². The first kappa shape index (κ1) is 17.7. The lowest BCUT2D eigenvalue weighted by Gasteiger charge is -2.20. The summed E-state index contributed by atoms with van der Waals surface area (Å²) in [5.74, 6) is -5.54. The van der Waals surface area contributed by atoms with Crippen LogP contribution in [0.25, 0.3) is 0 Å². The van der Waals surface area contributed by atoms with Gasteiger partial charge in [-0.15, -0.1) is 0 Å². The third kappa shape index (κ3) is 3.20. The van der Waals surface area contributed by atoms with Gasteiger partial charge in [-0.25, -0.2) is 22.0 Å². The summed E-state index contributed by atoms with van der Waals surface area (Å²) < 4.78 is 68.9. The predicted molar refractivity (Wildman–Crippen MR) is 88.9 cm³/mol. The highest BCUT2D eigenvalue weighted by atomic mass is 19.1. The van der Waals surface area contributed by atoms with Crippen LogP contribution in [0.3, 0.4) is 0 Å². The molecule has 0 atom stereocenters. The van der Waals surface area contributed by atoms with Crippen molar-refractivity contribution in [2.75, 3.05) is 11.5 Å². The Morgan fingerprint density at radius 1 is 0.538 bits per heavy atom. The van der Waals surface area contributed by atoms with Gasteiger partial charge in [-0.1, -0.05) is 12.1 Å². The van der Waals surface area contributed by atoms with Crippen LogP contribution in [-0.2, 0) is 0 Å². The van der Waals surface area contributed by atoms with Crippen LogP contribution in [0.15, 0.2) is 48.5 Å². The summed E-state index contributed by atoms with van der Waals surface area (Å²) in [4.78, 5) is 0. The molecule has 0 fully saturated rings. The molecule has 3 rings (SSSR count). The van der Waals surface area contributed by atoms with Gasteiger partial charge in [0.1, 0.15) is 40.5 Å². The predicted octanol–water partition coefficient (Wildman–Crippen LogP) is 4.73. The van der Waals surface area contributed by atoms with E-state index in [1.165, 1.54) is 12.1 Å². The molecule has 7 heteroatoms. The Morgan fingerprint density at radius 2 is 0.885 bits per heavy atom. The van der Waals surface area contributed by atoms with Crippen LogP contribution in [0.5, 0.6) is 0 Å². The number of hydrogen-bond acceptors (Lipinski definition) is 2. The van der Waals surface area contributed by atoms with Gasteiger partial charge in [0.2, 0.25) is 0 Å². The zero-order valence-corrected chi connectivity index (χ0v) is 13.2. The molecule has 0 aliphatic heterocycles. The van der Waals surface area contributed by atoms with Crippen molar-refractivity contribution in [1.82, 2.24) is 0 Å². The molecule has 0 heterocycles. The Balaban J connectivity index is 2.25. The highest BCUT2D eigenvalue weighted by molar-refractivity contribution is 5.52. The molecule has 0 aromatic heterocycles. The Labute approximate surface area is 145 Å². The second-order valence-electron chi connectivity index (χ2n) is 5.78. The minimum atomic E-state index is -1.01. The summed E-state index contributed by atoms with van der Waals surface area (Å²) in [7, 11) is 0. The molecule has 0 unspecified atom stereocenters. The first-order valence-electron chi connectivity index (χ1n) is 7.52. The molecular formula is C19H13F5N2. The molecule has 0 saturated carbocycles. The standard InChI is InChI=1S/C19H13F5N2/c20-12-3-1-9(2-4-12)17(10-5-13(21)18(25)14(22)6-10)11-7-15(23)19(26)16(24)8-11/h1-8,17H,25-26H2. The Bertz CT molecular complexity index is 867. The van der Waals surface area contributed by atoms with Gasteiger partial charge >= 0.3 is 0 Å². The minimum absolute atomic E-state index is 0.0596. The molecule has 3 aromatic carbocycles. The van der Waals surface area contributed by atoms with E-state index in [0.29, 0.717) is 5.56 Å². The van der Waals surface area contributed by atoms with E-state index >= 15 is 0 Å². The third-order valence-electron chi connectivity index (χ3n) is 4.07. The molecule has 0 radical (unpaired) electrons. The summed E-state index contributed by atoms with van der Waals surface area (Å²) in [5, 5.41) is 0. The monoisotopic (exact) mass is 364 g/mol. The molecule has 0 aliphatic rings. The summed E-state index contributed by atoms with van der Waals surface area (Å²) in [6.45, 7) is 0. The topological polar surface area (TPSA) is 52.0 Å². The number of halogens is 5. The largest absolute Gasteiger partial charge is 0.394 e. The van der Waals surface area contributed by atoms with Crippen LogP contribution < -0.4 is 11.5 Å². The molecule has 0 amide bonds. The first-order valence-corrected chi connectivity index (χ1v) is 7.52. The van der Waals surface area contributed by atoms with Crippen LogP contribution in [-0.4, -0.2) is 0 Å². The third-order valence-corrected chi connectivity index (χ3v) is 4.07. The first-order chi connectivity index (χ1) is 12.3. The molecule has 134 valence electrons. The zero-order chi connectivity index (χ0) is 19.0. The molecule has 0 spiro atoms. The SMILES string of the molecule is Nc1c(F)cc(C(c2ccc(F)cc2)c2cc(F)c(N)c(F)c2)cc1F.